The van der Waals surface area contributed by atoms with Crippen LogP contribution in [0.15, 0.2) is 41.8 Å². The largest absolute Gasteiger partial charge is 0.330 e. The van der Waals surface area contributed by atoms with E-state index >= 15 is 4.39 Å². The second-order valence-electron chi connectivity index (χ2n) is 10.4. The Bertz CT molecular complexity index is 1490. The van der Waals surface area contributed by atoms with Gasteiger partial charge >= 0.3 is 0 Å². The first kappa shape index (κ1) is 21.2. The fraction of sp³-hybridized carbons (Fsp3) is 0.393. The van der Waals surface area contributed by atoms with Gasteiger partial charge in [0.05, 0.1) is 11.7 Å². The summed E-state index contributed by atoms with van der Waals surface area (Å²) >= 11 is 1.77. The van der Waals surface area contributed by atoms with Crippen molar-refractivity contribution < 1.29 is 9.18 Å². The molecule has 35 heavy (non-hydrogen) atoms. The maximum atomic E-state index is 15.1. The van der Waals surface area contributed by atoms with Gasteiger partial charge in [0.15, 0.2) is 5.65 Å². The van der Waals surface area contributed by atoms with Crippen LogP contribution in [0.25, 0.3) is 16.9 Å². The number of fused-ring (bicyclic) bond motifs is 2. The number of carbonyl (C=O) groups is 1. The number of rotatable bonds is 4. The van der Waals surface area contributed by atoms with Crippen LogP contribution in [0.5, 0.6) is 0 Å². The normalized spacial score (nSPS) is 23.5. The molecule has 0 radical (unpaired) electrons. The van der Waals surface area contributed by atoms with Gasteiger partial charge in [-0.1, -0.05) is 13.0 Å². The van der Waals surface area contributed by atoms with Gasteiger partial charge in [0.2, 0.25) is 0 Å². The van der Waals surface area contributed by atoms with Crippen LogP contribution in [0.4, 0.5) is 4.39 Å². The SMILES string of the molecule is CC1CC1c1ccc(-c2cc3nc(C(=O)N4CCc5sccc5C4C)cc(C4CC4)n3n2)c(F)c1. The van der Waals surface area contributed by atoms with E-state index in [0.29, 0.717) is 46.9 Å². The molecular weight excluding hydrogens is 459 g/mol. The van der Waals surface area contributed by atoms with E-state index in [1.54, 1.807) is 17.4 Å². The summed E-state index contributed by atoms with van der Waals surface area (Å²) in [6.45, 7) is 4.99. The summed E-state index contributed by atoms with van der Waals surface area (Å²) in [5.41, 5.74) is 5.40. The van der Waals surface area contributed by atoms with Crippen LogP contribution in [0, 0.1) is 11.7 Å². The number of aromatic nitrogens is 3. The van der Waals surface area contributed by atoms with Crippen molar-refractivity contribution in [2.24, 2.45) is 5.92 Å². The van der Waals surface area contributed by atoms with Gasteiger partial charge in [0.25, 0.3) is 5.91 Å². The molecule has 1 amide bonds. The van der Waals surface area contributed by atoms with Crippen molar-refractivity contribution in [1.82, 2.24) is 19.5 Å². The third-order valence-corrected chi connectivity index (χ3v) is 9.01. The number of hydrogen-bond acceptors (Lipinski definition) is 4. The number of amides is 1. The zero-order chi connectivity index (χ0) is 23.8. The third kappa shape index (κ3) is 3.51. The number of thiophene rings is 1. The van der Waals surface area contributed by atoms with E-state index in [1.807, 2.05) is 33.7 Å². The Kier molecular flexibility index (Phi) is 4.68. The predicted molar refractivity (Wildman–Crippen MR) is 134 cm³/mol. The molecule has 2 fully saturated rings. The Labute approximate surface area is 207 Å². The maximum absolute atomic E-state index is 15.1. The van der Waals surface area contributed by atoms with E-state index in [4.69, 9.17) is 10.1 Å². The number of nitrogens with zero attached hydrogens (tertiary/aromatic N) is 4. The lowest BCUT2D eigenvalue weighted by Gasteiger charge is -2.33. The van der Waals surface area contributed by atoms with Gasteiger partial charge in [-0.15, -0.1) is 11.3 Å². The number of halogens is 1. The highest BCUT2D eigenvalue weighted by molar-refractivity contribution is 7.10. The average molecular weight is 487 g/mol. The van der Waals surface area contributed by atoms with Crippen molar-refractivity contribution in [1.29, 1.82) is 0 Å². The Balaban J connectivity index is 1.26. The molecule has 7 heteroatoms. The summed E-state index contributed by atoms with van der Waals surface area (Å²) in [5.74, 6) is 1.17. The number of benzene rings is 1. The monoisotopic (exact) mass is 486 g/mol. The molecule has 3 aliphatic rings. The first-order chi connectivity index (χ1) is 17.0. The van der Waals surface area contributed by atoms with E-state index < -0.39 is 0 Å². The molecule has 178 valence electrons. The fourth-order valence-corrected chi connectivity index (χ4v) is 6.56. The molecule has 5 nitrogen and oxygen atoms in total. The predicted octanol–water partition coefficient (Wildman–Crippen LogP) is 6.36. The van der Waals surface area contributed by atoms with Gasteiger partial charge in [-0.2, -0.15) is 5.10 Å². The van der Waals surface area contributed by atoms with Crippen LogP contribution >= 0.6 is 11.3 Å². The highest BCUT2D eigenvalue weighted by Crippen LogP contribution is 2.47. The summed E-state index contributed by atoms with van der Waals surface area (Å²) in [6.07, 6.45) is 4.15. The molecule has 1 aliphatic heterocycles. The maximum Gasteiger partial charge on any atom is 0.273 e. The molecule has 2 aliphatic carbocycles. The van der Waals surface area contributed by atoms with Crippen molar-refractivity contribution in [2.75, 3.05) is 6.54 Å². The first-order valence-electron chi connectivity index (χ1n) is 12.6. The van der Waals surface area contributed by atoms with Crippen LogP contribution in [-0.4, -0.2) is 31.9 Å². The molecule has 3 atom stereocenters. The van der Waals surface area contributed by atoms with Crippen molar-refractivity contribution in [3.05, 3.63) is 75.0 Å². The van der Waals surface area contributed by atoms with Crippen LogP contribution in [0.3, 0.4) is 0 Å². The molecule has 0 bridgehead atoms. The van der Waals surface area contributed by atoms with Crippen LogP contribution in [0.1, 0.15) is 83.2 Å². The van der Waals surface area contributed by atoms with Crippen molar-refractivity contribution in [2.45, 2.75) is 57.4 Å². The van der Waals surface area contributed by atoms with Crippen molar-refractivity contribution >= 4 is 22.9 Å². The van der Waals surface area contributed by atoms with Gasteiger partial charge in [-0.25, -0.2) is 13.9 Å². The third-order valence-electron chi connectivity index (χ3n) is 8.01. The molecule has 0 N–H and O–H groups in total. The van der Waals surface area contributed by atoms with Gasteiger partial charge in [-0.05, 0) is 85.2 Å². The molecular formula is C28H27FN4OS. The Morgan fingerprint density at radius 1 is 1.14 bits per heavy atom. The van der Waals surface area contributed by atoms with Crippen LogP contribution < -0.4 is 0 Å². The Morgan fingerprint density at radius 3 is 2.71 bits per heavy atom. The van der Waals surface area contributed by atoms with Gasteiger partial charge in [0, 0.05) is 34.7 Å². The van der Waals surface area contributed by atoms with Gasteiger partial charge in [0.1, 0.15) is 11.5 Å². The lowest BCUT2D eigenvalue weighted by Crippen LogP contribution is -2.38. The highest BCUT2D eigenvalue weighted by atomic mass is 32.1. The minimum atomic E-state index is -0.247. The molecule has 3 aromatic heterocycles. The second kappa shape index (κ2) is 7.72. The lowest BCUT2D eigenvalue weighted by atomic mass is 10.0. The smallest absolute Gasteiger partial charge is 0.273 e. The standard InChI is InChI=1S/C28H27FN4OS/c1-15-11-21(15)18-5-6-20(22(29)12-18)23-14-27-30-24(13-25(17-3-4-17)33(27)31-23)28(34)32-9-7-26-19(16(32)2)8-10-35-26/h5-6,8,10,12-17,21H,3-4,7,9,11H2,1-2H3. The molecule has 7 rings (SSSR count). The van der Waals surface area contributed by atoms with E-state index in [2.05, 4.69) is 25.3 Å². The Hall–Kier alpha value is -3.06. The van der Waals surface area contributed by atoms with Crippen LogP contribution in [-0.2, 0) is 6.42 Å². The zero-order valence-electron chi connectivity index (χ0n) is 19.9. The second-order valence-corrected chi connectivity index (χ2v) is 11.4. The minimum absolute atomic E-state index is 0.0298. The molecule has 4 aromatic rings. The van der Waals surface area contributed by atoms with Crippen LogP contribution in [0.2, 0.25) is 0 Å². The Morgan fingerprint density at radius 2 is 1.97 bits per heavy atom. The van der Waals surface area contributed by atoms with E-state index in [1.165, 1.54) is 10.4 Å². The van der Waals surface area contributed by atoms with E-state index in [0.717, 1.165) is 36.9 Å². The molecule has 1 aromatic carbocycles. The van der Waals surface area contributed by atoms with Crippen molar-refractivity contribution in [3.63, 3.8) is 0 Å². The fourth-order valence-electron chi connectivity index (χ4n) is 5.60. The summed E-state index contributed by atoms with van der Waals surface area (Å²) in [7, 11) is 0. The summed E-state index contributed by atoms with van der Waals surface area (Å²) < 4.78 is 16.9. The van der Waals surface area contributed by atoms with E-state index in [9.17, 15) is 4.79 Å². The molecule has 2 saturated carbocycles. The average Bonchev–Trinajstić information content (AvgIpc) is 3.72. The summed E-state index contributed by atoms with van der Waals surface area (Å²) in [4.78, 5) is 21.7. The summed E-state index contributed by atoms with van der Waals surface area (Å²) in [5, 5.41) is 6.86. The zero-order valence-corrected chi connectivity index (χ0v) is 20.7. The first-order valence-corrected chi connectivity index (χ1v) is 13.4. The molecule has 0 spiro atoms. The van der Waals surface area contributed by atoms with E-state index in [-0.39, 0.29) is 17.8 Å². The number of hydrogen-bond donors (Lipinski definition) is 0. The quantitative estimate of drug-likeness (QED) is 0.337. The van der Waals surface area contributed by atoms with Crippen molar-refractivity contribution in [3.8, 4) is 11.3 Å². The van der Waals surface area contributed by atoms with Gasteiger partial charge < -0.3 is 4.90 Å². The molecule has 4 heterocycles. The number of carbonyl (C=O) groups excluding carboxylic acids is 1. The molecule has 3 unspecified atom stereocenters. The minimum Gasteiger partial charge on any atom is -0.330 e. The summed E-state index contributed by atoms with van der Waals surface area (Å²) in [6, 6.07) is 11.4. The topological polar surface area (TPSA) is 50.5 Å². The van der Waals surface area contributed by atoms with Gasteiger partial charge in [-0.3, -0.25) is 4.79 Å². The lowest BCUT2D eigenvalue weighted by molar-refractivity contribution is 0.0673. The molecule has 0 saturated heterocycles. The highest BCUT2D eigenvalue weighted by Gasteiger charge is 2.35.